The maximum atomic E-state index is 11.7. The number of hydrogen-bond donors (Lipinski definition) is 2. The van der Waals surface area contributed by atoms with Gasteiger partial charge in [-0.25, -0.2) is 0 Å². The molecule has 0 aliphatic heterocycles. The van der Waals surface area contributed by atoms with Crippen molar-refractivity contribution in [3.05, 3.63) is 30.3 Å². The molecule has 0 radical (unpaired) electrons. The molecule has 3 N–H and O–H groups in total. The van der Waals surface area contributed by atoms with E-state index in [0.29, 0.717) is 5.69 Å². The molecular formula is C11H14N2O2. The molecule has 1 aromatic carbocycles. The summed E-state index contributed by atoms with van der Waals surface area (Å²) in [6.45, 7) is 2.99. The zero-order chi connectivity index (χ0) is 11.5. The van der Waals surface area contributed by atoms with Crippen LogP contribution in [0, 0.1) is 5.41 Å². The maximum Gasteiger partial charge on any atom is 0.239 e. The first-order valence-electron chi connectivity index (χ1n) is 4.61. The summed E-state index contributed by atoms with van der Waals surface area (Å²) in [5, 5.41) is 2.62. The molecule has 1 rings (SSSR count). The van der Waals surface area contributed by atoms with Crippen molar-refractivity contribution >= 4 is 17.5 Å². The Labute approximate surface area is 88.5 Å². The van der Waals surface area contributed by atoms with Gasteiger partial charge in [-0.3, -0.25) is 9.59 Å². The minimum Gasteiger partial charge on any atom is -0.369 e. The first-order chi connectivity index (χ1) is 6.94. The van der Waals surface area contributed by atoms with E-state index in [1.54, 1.807) is 24.3 Å². The number of carbonyl (C=O) groups excluding carboxylic acids is 2. The average Bonchev–Trinajstić information content (AvgIpc) is 2.18. The maximum absolute atomic E-state index is 11.7. The summed E-state index contributed by atoms with van der Waals surface area (Å²) in [7, 11) is 0. The second-order valence-electron chi connectivity index (χ2n) is 3.81. The fourth-order valence-corrected chi connectivity index (χ4v) is 0.921. The van der Waals surface area contributed by atoms with Crippen LogP contribution in [-0.2, 0) is 9.59 Å². The van der Waals surface area contributed by atoms with E-state index in [9.17, 15) is 9.59 Å². The van der Waals surface area contributed by atoms with E-state index in [0.717, 1.165) is 0 Å². The minimum atomic E-state index is -1.20. The monoisotopic (exact) mass is 206 g/mol. The van der Waals surface area contributed by atoms with Crippen LogP contribution in [-0.4, -0.2) is 11.8 Å². The van der Waals surface area contributed by atoms with Crippen LogP contribution in [0.4, 0.5) is 5.69 Å². The quantitative estimate of drug-likeness (QED) is 0.728. The van der Waals surface area contributed by atoms with Crippen molar-refractivity contribution in [3.63, 3.8) is 0 Å². The van der Waals surface area contributed by atoms with Gasteiger partial charge < -0.3 is 11.1 Å². The Morgan fingerprint density at radius 3 is 2.20 bits per heavy atom. The Balaban J connectivity index is 2.77. The molecule has 15 heavy (non-hydrogen) atoms. The van der Waals surface area contributed by atoms with Crippen LogP contribution in [0.3, 0.4) is 0 Å². The van der Waals surface area contributed by atoms with Gasteiger partial charge in [0.15, 0.2) is 0 Å². The molecule has 0 aliphatic rings. The first kappa shape index (κ1) is 11.2. The van der Waals surface area contributed by atoms with Crippen LogP contribution in [0.15, 0.2) is 30.3 Å². The smallest absolute Gasteiger partial charge is 0.239 e. The van der Waals surface area contributed by atoms with E-state index >= 15 is 0 Å². The molecule has 0 saturated carbocycles. The Morgan fingerprint density at radius 2 is 1.73 bits per heavy atom. The standard InChI is InChI=1S/C11H14N2O2/c1-11(2,9(12)14)10(15)13-8-6-4-3-5-7-8/h3-7H,1-2H3,(H2,12,14)(H,13,15). The number of para-hydroxylation sites is 1. The molecule has 4 nitrogen and oxygen atoms in total. The molecule has 1 aromatic rings. The van der Waals surface area contributed by atoms with E-state index in [4.69, 9.17) is 5.73 Å². The van der Waals surface area contributed by atoms with Crippen LogP contribution in [0.2, 0.25) is 0 Å². The summed E-state index contributed by atoms with van der Waals surface area (Å²) in [4.78, 5) is 22.7. The number of nitrogens with two attached hydrogens (primary N) is 1. The zero-order valence-electron chi connectivity index (χ0n) is 8.78. The lowest BCUT2D eigenvalue weighted by atomic mass is 9.91. The van der Waals surface area contributed by atoms with Gasteiger partial charge in [-0.1, -0.05) is 18.2 Å². The lowest BCUT2D eigenvalue weighted by molar-refractivity contribution is -0.136. The Kier molecular flexibility index (Phi) is 3.09. The van der Waals surface area contributed by atoms with Gasteiger partial charge in [0.2, 0.25) is 11.8 Å². The second-order valence-corrected chi connectivity index (χ2v) is 3.81. The minimum absolute atomic E-state index is 0.402. The van der Waals surface area contributed by atoms with Crippen LogP contribution in [0.25, 0.3) is 0 Å². The van der Waals surface area contributed by atoms with Crippen molar-refractivity contribution in [1.82, 2.24) is 0 Å². The summed E-state index contributed by atoms with van der Waals surface area (Å²) in [6.07, 6.45) is 0. The Hall–Kier alpha value is -1.84. The number of primary amides is 1. The van der Waals surface area contributed by atoms with Gasteiger partial charge in [-0.15, -0.1) is 0 Å². The van der Waals surface area contributed by atoms with Crippen LogP contribution < -0.4 is 11.1 Å². The lowest BCUT2D eigenvalue weighted by Crippen LogP contribution is -2.42. The van der Waals surface area contributed by atoms with Gasteiger partial charge in [-0.2, -0.15) is 0 Å². The van der Waals surface area contributed by atoms with Crippen LogP contribution in [0.5, 0.6) is 0 Å². The van der Waals surface area contributed by atoms with Crippen LogP contribution >= 0.6 is 0 Å². The largest absolute Gasteiger partial charge is 0.369 e. The van der Waals surface area contributed by atoms with Crippen molar-refractivity contribution in [2.75, 3.05) is 5.32 Å². The van der Waals surface area contributed by atoms with E-state index in [1.165, 1.54) is 13.8 Å². The molecule has 2 amide bonds. The van der Waals surface area contributed by atoms with Gasteiger partial charge >= 0.3 is 0 Å². The highest BCUT2D eigenvalue weighted by molar-refractivity contribution is 6.09. The zero-order valence-corrected chi connectivity index (χ0v) is 8.78. The summed E-state index contributed by atoms with van der Waals surface area (Å²) < 4.78 is 0. The highest BCUT2D eigenvalue weighted by Crippen LogP contribution is 2.17. The summed E-state index contributed by atoms with van der Waals surface area (Å²) in [6, 6.07) is 8.93. The molecule has 4 heteroatoms. The van der Waals surface area contributed by atoms with E-state index in [1.807, 2.05) is 6.07 Å². The first-order valence-corrected chi connectivity index (χ1v) is 4.61. The third-order valence-corrected chi connectivity index (χ3v) is 2.22. The molecule has 0 atom stereocenters. The third-order valence-electron chi connectivity index (χ3n) is 2.22. The highest BCUT2D eigenvalue weighted by atomic mass is 16.2. The normalized spacial score (nSPS) is 10.8. The summed E-state index contributed by atoms with van der Waals surface area (Å²) in [5.74, 6) is -1.04. The van der Waals surface area contributed by atoms with Crippen molar-refractivity contribution in [3.8, 4) is 0 Å². The fourth-order valence-electron chi connectivity index (χ4n) is 0.921. The molecule has 80 valence electrons. The topological polar surface area (TPSA) is 72.2 Å². The molecule has 0 aliphatic carbocycles. The molecule has 0 spiro atoms. The number of rotatable bonds is 3. The number of nitrogens with one attached hydrogen (secondary N) is 1. The number of amides is 2. The van der Waals surface area contributed by atoms with Gasteiger partial charge in [0.05, 0.1) is 0 Å². The SMILES string of the molecule is CC(C)(C(N)=O)C(=O)Nc1ccccc1. The van der Waals surface area contributed by atoms with Crippen molar-refractivity contribution in [1.29, 1.82) is 0 Å². The second kappa shape index (κ2) is 4.13. The number of hydrogen-bond acceptors (Lipinski definition) is 2. The summed E-state index contributed by atoms with van der Waals surface area (Å²) in [5.41, 5.74) is 4.58. The number of carbonyl (C=O) groups is 2. The van der Waals surface area contributed by atoms with Crippen molar-refractivity contribution in [2.45, 2.75) is 13.8 Å². The molecule has 0 saturated heterocycles. The van der Waals surface area contributed by atoms with Crippen molar-refractivity contribution in [2.24, 2.45) is 11.1 Å². The lowest BCUT2D eigenvalue weighted by Gasteiger charge is -2.19. The molecule has 0 aromatic heterocycles. The van der Waals surface area contributed by atoms with Gasteiger partial charge in [0, 0.05) is 5.69 Å². The highest BCUT2D eigenvalue weighted by Gasteiger charge is 2.33. The number of anilines is 1. The van der Waals surface area contributed by atoms with E-state index in [2.05, 4.69) is 5.32 Å². The Morgan fingerprint density at radius 1 is 1.20 bits per heavy atom. The molecule has 0 bridgehead atoms. The molecular weight excluding hydrogens is 192 g/mol. The van der Waals surface area contributed by atoms with Gasteiger partial charge in [0.1, 0.15) is 5.41 Å². The van der Waals surface area contributed by atoms with Crippen molar-refractivity contribution < 1.29 is 9.59 Å². The van der Waals surface area contributed by atoms with Gasteiger partial charge in [0.25, 0.3) is 0 Å². The summed E-state index contributed by atoms with van der Waals surface area (Å²) >= 11 is 0. The Bertz CT molecular complexity index is 371. The van der Waals surface area contributed by atoms with E-state index in [-0.39, 0.29) is 0 Å². The molecule has 0 heterocycles. The predicted octanol–water partition coefficient (Wildman–Crippen LogP) is 1.14. The predicted molar refractivity (Wildman–Crippen MR) is 58.0 cm³/mol. The fraction of sp³-hybridized carbons (Fsp3) is 0.273. The van der Waals surface area contributed by atoms with Gasteiger partial charge in [-0.05, 0) is 26.0 Å². The molecule has 0 unspecified atom stereocenters. The van der Waals surface area contributed by atoms with Crippen LogP contribution in [0.1, 0.15) is 13.8 Å². The number of benzene rings is 1. The molecule has 0 fully saturated rings. The third kappa shape index (κ3) is 2.56. The average molecular weight is 206 g/mol. The van der Waals surface area contributed by atoms with E-state index < -0.39 is 17.2 Å².